The number of hydrogen-bond donors (Lipinski definition) is 0. The molecule has 0 heterocycles. The van der Waals surface area contributed by atoms with Gasteiger partial charge in [0.2, 0.25) is 0 Å². The van der Waals surface area contributed by atoms with E-state index in [9.17, 15) is 0 Å². The molecule has 0 N–H and O–H groups in total. The van der Waals surface area contributed by atoms with E-state index in [2.05, 4.69) is 267 Å². The Morgan fingerprint density at radius 3 is 1.54 bits per heavy atom. The van der Waals surface area contributed by atoms with Crippen molar-refractivity contribution in [1.82, 2.24) is 0 Å². The van der Waals surface area contributed by atoms with Crippen LogP contribution in [-0.4, -0.2) is 0 Å². The van der Waals surface area contributed by atoms with Crippen molar-refractivity contribution < 1.29 is 0 Å². The number of fused-ring (bicyclic) bond motifs is 8. The van der Waals surface area contributed by atoms with Crippen LogP contribution in [-0.2, 0) is 5.41 Å². The number of nitrogens with zero attached hydrogens (tertiary/aromatic N) is 1. The van der Waals surface area contributed by atoms with Crippen LogP contribution in [0.3, 0.4) is 0 Å². The van der Waals surface area contributed by atoms with Crippen molar-refractivity contribution in [3.8, 4) is 55.6 Å². The Morgan fingerprint density at radius 1 is 0.250 bits per heavy atom. The fourth-order valence-corrected chi connectivity index (χ4v) is 11.1. The fraction of sp³-hybridized carbons (Fsp3) is 0.0448. The average Bonchev–Trinajstić information content (AvgIpc) is 3.63. The molecule has 1 heteroatoms. The summed E-state index contributed by atoms with van der Waals surface area (Å²) in [7, 11) is 0. The Bertz CT molecular complexity index is 3920. The van der Waals surface area contributed by atoms with Crippen molar-refractivity contribution in [3.63, 3.8) is 0 Å². The zero-order valence-electron chi connectivity index (χ0n) is 38.1. The molecule has 0 aromatic heterocycles. The number of anilines is 3. The van der Waals surface area contributed by atoms with Crippen LogP contribution in [0.1, 0.15) is 25.0 Å². The monoisotopic (exact) mass is 865 g/mol. The van der Waals surface area contributed by atoms with E-state index in [1.54, 1.807) is 0 Å². The summed E-state index contributed by atoms with van der Waals surface area (Å²) >= 11 is 0. The van der Waals surface area contributed by atoms with Gasteiger partial charge in [-0.15, -0.1) is 0 Å². The lowest BCUT2D eigenvalue weighted by atomic mass is 9.81. The minimum Gasteiger partial charge on any atom is -0.310 e. The van der Waals surface area contributed by atoms with E-state index in [0.29, 0.717) is 0 Å². The van der Waals surface area contributed by atoms with Crippen LogP contribution >= 0.6 is 0 Å². The average molecular weight is 866 g/mol. The Balaban J connectivity index is 0.957. The minimum atomic E-state index is -0.0486. The number of hydrogen-bond acceptors (Lipinski definition) is 1. The van der Waals surface area contributed by atoms with E-state index in [4.69, 9.17) is 0 Å². The number of para-hydroxylation sites is 1. The van der Waals surface area contributed by atoms with Crippen LogP contribution in [0.4, 0.5) is 17.1 Å². The first-order chi connectivity index (χ1) is 33.4. The maximum Gasteiger partial charge on any atom is 0.0468 e. The Kier molecular flexibility index (Phi) is 9.27. The van der Waals surface area contributed by atoms with Crippen LogP contribution in [0.5, 0.6) is 0 Å². The molecule has 0 atom stereocenters. The number of benzene rings is 12. The highest BCUT2D eigenvalue weighted by molar-refractivity contribution is 6.16. The molecule has 320 valence electrons. The highest BCUT2D eigenvalue weighted by atomic mass is 15.1. The smallest absolute Gasteiger partial charge is 0.0468 e. The van der Waals surface area contributed by atoms with Crippen molar-refractivity contribution in [1.29, 1.82) is 0 Å². The Hall–Kier alpha value is -8.52. The van der Waals surface area contributed by atoms with Crippen LogP contribution < -0.4 is 4.90 Å². The second-order valence-electron chi connectivity index (χ2n) is 18.9. The molecule has 1 aliphatic carbocycles. The van der Waals surface area contributed by atoms with Gasteiger partial charge >= 0.3 is 0 Å². The Morgan fingerprint density at radius 2 is 0.779 bits per heavy atom. The zero-order chi connectivity index (χ0) is 45.3. The second-order valence-corrected chi connectivity index (χ2v) is 18.9. The van der Waals surface area contributed by atoms with Crippen molar-refractivity contribution in [2.24, 2.45) is 0 Å². The van der Waals surface area contributed by atoms with Gasteiger partial charge in [-0.1, -0.05) is 190 Å². The second kappa shape index (κ2) is 15.8. The maximum atomic E-state index is 2.43. The van der Waals surface area contributed by atoms with Crippen molar-refractivity contribution in [2.75, 3.05) is 4.90 Å². The van der Waals surface area contributed by atoms with Gasteiger partial charge in [-0.25, -0.2) is 0 Å². The van der Waals surface area contributed by atoms with E-state index in [1.165, 1.54) is 110 Å². The quantitative estimate of drug-likeness (QED) is 0.144. The topological polar surface area (TPSA) is 3.24 Å². The fourth-order valence-electron chi connectivity index (χ4n) is 11.1. The summed E-state index contributed by atoms with van der Waals surface area (Å²) in [6.45, 7) is 4.70. The van der Waals surface area contributed by atoms with Gasteiger partial charge in [0.25, 0.3) is 0 Å². The lowest BCUT2D eigenvalue weighted by Crippen LogP contribution is -2.14. The molecule has 0 aliphatic heterocycles. The predicted molar refractivity (Wildman–Crippen MR) is 290 cm³/mol. The van der Waals surface area contributed by atoms with Crippen LogP contribution in [0, 0.1) is 0 Å². The van der Waals surface area contributed by atoms with Gasteiger partial charge in [0.05, 0.1) is 0 Å². The molecule has 0 amide bonds. The molecule has 0 fully saturated rings. The van der Waals surface area contributed by atoms with Crippen molar-refractivity contribution in [3.05, 3.63) is 260 Å². The normalized spacial score (nSPS) is 12.7. The molecule has 12 aromatic rings. The molecule has 1 aliphatic rings. The molecule has 0 bridgehead atoms. The van der Waals surface area contributed by atoms with Crippen LogP contribution in [0.2, 0.25) is 0 Å². The van der Waals surface area contributed by atoms with E-state index in [0.717, 1.165) is 17.1 Å². The van der Waals surface area contributed by atoms with Crippen LogP contribution in [0.25, 0.3) is 98.7 Å². The number of rotatable bonds is 7. The standard InChI is InChI=1S/C67H47N/c1-67(2)65-24-14-13-23-59(65)60-35-29-50(43-66(60)67)45-27-31-55(32-28-45)68(54-21-7-4-8-22-54)56-33-36-57-53(38-56)42-63(51-26-25-44-15-9-10-18-47(44)37-51)64-41-52(30-34-58(57)64)62-40-49-20-12-11-19-48(49)39-61(62)46-16-5-3-6-17-46/h3-43H,1-2H3. The summed E-state index contributed by atoms with van der Waals surface area (Å²) in [4.78, 5) is 2.39. The lowest BCUT2D eigenvalue weighted by Gasteiger charge is -2.26. The van der Waals surface area contributed by atoms with Gasteiger partial charge in [-0.05, 0) is 183 Å². The van der Waals surface area contributed by atoms with E-state index in [-0.39, 0.29) is 5.41 Å². The largest absolute Gasteiger partial charge is 0.310 e. The molecule has 0 radical (unpaired) electrons. The van der Waals surface area contributed by atoms with E-state index >= 15 is 0 Å². The SMILES string of the molecule is CC1(C)c2ccccc2-c2ccc(-c3ccc(N(c4ccccc4)c4ccc5c(c4)cc(-c4ccc6ccccc6c4)c4cc(-c6cc7ccccc7cc6-c6ccccc6)ccc45)cc3)cc21. The van der Waals surface area contributed by atoms with Crippen molar-refractivity contribution >= 4 is 60.2 Å². The van der Waals surface area contributed by atoms with Gasteiger partial charge in [-0.3, -0.25) is 0 Å². The predicted octanol–water partition coefficient (Wildman–Crippen LogP) is 18.7. The molecular weight excluding hydrogens is 819 g/mol. The molecule has 0 spiro atoms. The molecule has 13 rings (SSSR count). The van der Waals surface area contributed by atoms with Gasteiger partial charge < -0.3 is 4.90 Å². The van der Waals surface area contributed by atoms with Crippen molar-refractivity contribution in [2.45, 2.75) is 19.3 Å². The highest BCUT2D eigenvalue weighted by Crippen LogP contribution is 2.50. The molecule has 12 aromatic carbocycles. The molecule has 0 saturated carbocycles. The van der Waals surface area contributed by atoms with Gasteiger partial charge in [-0.2, -0.15) is 0 Å². The first-order valence-electron chi connectivity index (χ1n) is 23.7. The minimum absolute atomic E-state index is 0.0486. The van der Waals surface area contributed by atoms with Gasteiger partial charge in [0.15, 0.2) is 0 Å². The maximum absolute atomic E-state index is 2.43. The molecule has 68 heavy (non-hydrogen) atoms. The van der Waals surface area contributed by atoms with Crippen LogP contribution in [0.15, 0.2) is 249 Å². The first kappa shape index (κ1) is 39.8. The molecule has 0 saturated heterocycles. The van der Waals surface area contributed by atoms with E-state index < -0.39 is 0 Å². The summed E-state index contributed by atoms with van der Waals surface area (Å²) in [5.74, 6) is 0. The summed E-state index contributed by atoms with van der Waals surface area (Å²) in [6.07, 6.45) is 0. The summed E-state index contributed by atoms with van der Waals surface area (Å²) in [6, 6.07) is 92.1. The zero-order valence-corrected chi connectivity index (χ0v) is 38.1. The third-order valence-electron chi connectivity index (χ3n) is 14.6. The Labute approximate surface area is 397 Å². The van der Waals surface area contributed by atoms with Gasteiger partial charge in [0.1, 0.15) is 0 Å². The molecular formula is C67H47N. The lowest BCUT2D eigenvalue weighted by molar-refractivity contribution is 0.660. The van der Waals surface area contributed by atoms with Gasteiger partial charge in [0, 0.05) is 22.5 Å². The third-order valence-corrected chi connectivity index (χ3v) is 14.6. The molecule has 0 unspecified atom stereocenters. The highest BCUT2D eigenvalue weighted by Gasteiger charge is 2.35. The van der Waals surface area contributed by atoms with E-state index in [1.807, 2.05) is 0 Å². The summed E-state index contributed by atoms with van der Waals surface area (Å²) < 4.78 is 0. The third kappa shape index (κ3) is 6.62. The first-order valence-corrected chi connectivity index (χ1v) is 23.7. The summed E-state index contributed by atoms with van der Waals surface area (Å²) in [5.41, 5.74) is 18.5. The summed E-state index contributed by atoms with van der Waals surface area (Å²) in [5, 5.41) is 9.84. The molecule has 1 nitrogen and oxygen atoms in total.